The van der Waals surface area contributed by atoms with E-state index in [2.05, 4.69) is 4.98 Å². The van der Waals surface area contributed by atoms with Gasteiger partial charge in [0, 0.05) is 23.5 Å². The van der Waals surface area contributed by atoms with Gasteiger partial charge < -0.3 is 24.3 Å². The predicted molar refractivity (Wildman–Crippen MR) is 126 cm³/mol. The minimum atomic E-state index is -0.371. The van der Waals surface area contributed by atoms with E-state index in [1.807, 2.05) is 54.1 Å². The quantitative estimate of drug-likeness (QED) is 0.418. The van der Waals surface area contributed by atoms with Crippen LogP contribution in [0.5, 0.6) is 23.0 Å². The van der Waals surface area contributed by atoms with E-state index < -0.39 is 0 Å². The summed E-state index contributed by atoms with van der Waals surface area (Å²) in [5.41, 5.74) is 4.60. The molecule has 1 aromatic heterocycles. The SMILES string of the molecule is CC1=C(c2cccc(O)c2)C(c2ccc(OCCn3ccnc3)cc2)Oc2ccc(O)cc21. The fourth-order valence-corrected chi connectivity index (χ4v) is 4.14. The first-order chi connectivity index (χ1) is 16.1. The maximum Gasteiger partial charge on any atom is 0.150 e. The second-order valence-corrected chi connectivity index (χ2v) is 7.99. The third-order valence-corrected chi connectivity index (χ3v) is 5.80. The lowest BCUT2D eigenvalue weighted by atomic mass is 9.86. The Labute approximate surface area is 192 Å². The van der Waals surface area contributed by atoms with E-state index in [1.165, 1.54) is 0 Å². The van der Waals surface area contributed by atoms with Crippen molar-refractivity contribution in [3.05, 3.63) is 102 Å². The number of nitrogens with zero attached hydrogens (tertiary/aromatic N) is 2. The van der Waals surface area contributed by atoms with Gasteiger partial charge in [0.1, 0.15) is 35.7 Å². The lowest BCUT2D eigenvalue weighted by molar-refractivity contribution is 0.259. The summed E-state index contributed by atoms with van der Waals surface area (Å²) in [7, 11) is 0. The van der Waals surface area contributed by atoms with Crippen LogP contribution in [-0.4, -0.2) is 26.4 Å². The number of benzene rings is 3. The number of fused-ring (bicyclic) bond motifs is 1. The van der Waals surface area contributed by atoms with Crippen molar-refractivity contribution < 1.29 is 19.7 Å². The molecule has 33 heavy (non-hydrogen) atoms. The minimum Gasteiger partial charge on any atom is -0.508 e. The number of imidazole rings is 1. The molecule has 1 atom stereocenters. The van der Waals surface area contributed by atoms with Crippen molar-refractivity contribution in [3.8, 4) is 23.0 Å². The van der Waals surface area contributed by atoms with Crippen LogP contribution in [0.25, 0.3) is 11.1 Å². The van der Waals surface area contributed by atoms with Gasteiger partial charge >= 0.3 is 0 Å². The van der Waals surface area contributed by atoms with E-state index in [0.29, 0.717) is 12.4 Å². The molecule has 0 radical (unpaired) electrons. The Morgan fingerprint density at radius 2 is 1.82 bits per heavy atom. The number of phenolic OH excluding ortho intramolecular Hbond substituents is 2. The molecule has 0 bridgehead atoms. The number of hydrogen-bond donors (Lipinski definition) is 2. The maximum atomic E-state index is 10.1. The molecule has 0 saturated heterocycles. The summed E-state index contributed by atoms with van der Waals surface area (Å²) >= 11 is 0. The Morgan fingerprint density at radius 3 is 2.58 bits per heavy atom. The van der Waals surface area contributed by atoms with Crippen LogP contribution in [-0.2, 0) is 6.54 Å². The zero-order chi connectivity index (χ0) is 22.8. The number of allylic oxidation sites excluding steroid dienone is 1. The van der Waals surface area contributed by atoms with Crippen molar-refractivity contribution in [2.45, 2.75) is 19.6 Å². The molecule has 2 N–H and O–H groups in total. The van der Waals surface area contributed by atoms with E-state index in [9.17, 15) is 10.2 Å². The zero-order valence-corrected chi connectivity index (χ0v) is 18.2. The maximum absolute atomic E-state index is 10.1. The second-order valence-electron chi connectivity index (χ2n) is 7.99. The van der Waals surface area contributed by atoms with Crippen LogP contribution < -0.4 is 9.47 Å². The molecule has 6 nitrogen and oxygen atoms in total. The van der Waals surface area contributed by atoms with Gasteiger partial charge in [-0.15, -0.1) is 0 Å². The average molecular weight is 440 g/mol. The number of ether oxygens (including phenoxy) is 2. The molecule has 3 aromatic carbocycles. The summed E-state index contributed by atoms with van der Waals surface area (Å²) in [4.78, 5) is 4.04. The van der Waals surface area contributed by atoms with Gasteiger partial charge in [0.25, 0.3) is 0 Å². The minimum absolute atomic E-state index is 0.183. The van der Waals surface area contributed by atoms with Crippen LogP contribution in [0.15, 0.2) is 85.5 Å². The van der Waals surface area contributed by atoms with Gasteiger partial charge in [0.15, 0.2) is 0 Å². The van der Waals surface area contributed by atoms with Crippen LogP contribution in [0.2, 0.25) is 0 Å². The second kappa shape index (κ2) is 8.74. The summed E-state index contributed by atoms with van der Waals surface area (Å²) in [6, 6.07) is 20.1. The molecule has 1 unspecified atom stereocenters. The van der Waals surface area contributed by atoms with Gasteiger partial charge in [-0.25, -0.2) is 4.98 Å². The molecule has 6 heteroatoms. The Morgan fingerprint density at radius 1 is 1.00 bits per heavy atom. The van der Waals surface area contributed by atoms with Gasteiger partial charge in [-0.2, -0.15) is 0 Å². The smallest absolute Gasteiger partial charge is 0.150 e. The molecular formula is C27H24N2O4. The molecule has 4 aromatic rings. The molecule has 0 aliphatic carbocycles. The fourth-order valence-electron chi connectivity index (χ4n) is 4.14. The largest absolute Gasteiger partial charge is 0.508 e. The molecule has 1 aliphatic rings. The number of phenols is 2. The molecule has 1 aliphatic heterocycles. The normalized spacial score (nSPS) is 15.1. The average Bonchev–Trinajstić information content (AvgIpc) is 3.33. The molecule has 0 amide bonds. The van der Waals surface area contributed by atoms with Crippen molar-refractivity contribution in [1.29, 1.82) is 0 Å². The van der Waals surface area contributed by atoms with Crippen molar-refractivity contribution >= 4 is 11.1 Å². The van der Waals surface area contributed by atoms with Crippen molar-refractivity contribution in [3.63, 3.8) is 0 Å². The van der Waals surface area contributed by atoms with E-state index in [0.717, 1.165) is 40.1 Å². The monoisotopic (exact) mass is 440 g/mol. The molecule has 5 rings (SSSR count). The highest BCUT2D eigenvalue weighted by atomic mass is 16.5. The van der Waals surface area contributed by atoms with E-state index in [4.69, 9.17) is 9.47 Å². The Hall–Kier alpha value is -4.19. The van der Waals surface area contributed by atoms with Gasteiger partial charge in [-0.3, -0.25) is 0 Å². The van der Waals surface area contributed by atoms with Crippen LogP contribution in [0.1, 0.15) is 29.7 Å². The third-order valence-electron chi connectivity index (χ3n) is 5.80. The van der Waals surface area contributed by atoms with Gasteiger partial charge in [0.05, 0.1) is 12.9 Å². The first-order valence-corrected chi connectivity index (χ1v) is 10.8. The van der Waals surface area contributed by atoms with Crippen molar-refractivity contribution in [2.75, 3.05) is 6.61 Å². The van der Waals surface area contributed by atoms with E-state index in [1.54, 1.807) is 42.9 Å². The number of aromatic nitrogens is 2. The van der Waals surface area contributed by atoms with Crippen LogP contribution in [0, 0.1) is 0 Å². The fraction of sp³-hybridized carbons (Fsp3) is 0.148. The van der Waals surface area contributed by atoms with Gasteiger partial charge in [0.2, 0.25) is 0 Å². The Kier molecular flexibility index (Phi) is 5.48. The van der Waals surface area contributed by atoms with Gasteiger partial charge in [-0.1, -0.05) is 24.3 Å². The highest BCUT2D eigenvalue weighted by Gasteiger charge is 2.29. The summed E-state index contributed by atoms with van der Waals surface area (Å²) in [5, 5.41) is 20.1. The van der Waals surface area contributed by atoms with Crippen molar-refractivity contribution in [2.24, 2.45) is 0 Å². The van der Waals surface area contributed by atoms with Gasteiger partial charge in [-0.05, 0) is 66.1 Å². The Balaban J connectivity index is 1.45. The molecular weight excluding hydrogens is 416 g/mol. The molecule has 0 spiro atoms. The molecule has 0 fully saturated rings. The lowest BCUT2D eigenvalue weighted by Crippen LogP contribution is -2.16. The topological polar surface area (TPSA) is 76.7 Å². The summed E-state index contributed by atoms with van der Waals surface area (Å²) in [6.07, 6.45) is 5.05. The highest BCUT2D eigenvalue weighted by molar-refractivity contribution is 5.95. The van der Waals surface area contributed by atoms with E-state index >= 15 is 0 Å². The van der Waals surface area contributed by atoms with E-state index in [-0.39, 0.29) is 17.6 Å². The zero-order valence-electron chi connectivity index (χ0n) is 18.2. The standard InChI is InChI=1S/C27H24N2O4/c1-18-24-16-22(31)7-10-25(24)33-27(26(18)20-3-2-4-21(30)15-20)19-5-8-23(9-6-19)32-14-13-29-12-11-28-17-29/h2-12,15-17,27,30-31H,13-14H2,1H3. The first kappa shape index (κ1) is 20.7. The van der Waals surface area contributed by atoms with Crippen molar-refractivity contribution in [1.82, 2.24) is 9.55 Å². The molecule has 166 valence electrons. The third kappa shape index (κ3) is 4.28. The summed E-state index contributed by atoms with van der Waals surface area (Å²) in [6.45, 7) is 3.28. The van der Waals surface area contributed by atoms with Crippen LogP contribution >= 0.6 is 0 Å². The number of aromatic hydroxyl groups is 2. The summed E-state index contributed by atoms with van der Waals surface area (Å²) < 4.78 is 14.3. The Bertz CT molecular complexity index is 1290. The molecule has 2 heterocycles. The molecule has 0 saturated carbocycles. The number of hydrogen-bond acceptors (Lipinski definition) is 5. The summed E-state index contributed by atoms with van der Waals surface area (Å²) in [5.74, 6) is 1.86. The lowest BCUT2D eigenvalue weighted by Gasteiger charge is -2.31. The van der Waals surface area contributed by atoms with Crippen LogP contribution in [0.4, 0.5) is 0 Å². The number of rotatable bonds is 6. The highest BCUT2D eigenvalue weighted by Crippen LogP contribution is 2.47. The predicted octanol–water partition coefficient (Wildman–Crippen LogP) is 5.44. The first-order valence-electron chi connectivity index (χ1n) is 10.8. The van der Waals surface area contributed by atoms with Crippen LogP contribution in [0.3, 0.4) is 0 Å².